The number of hydrogen-bond acceptors (Lipinski definition) is 7. The summed E-state index contributed by atoms with van der Waals surface area (Å²) < 4.78 is 90.4. The van der Waals surface area contributed by atoms with Crippen molar-refractivity contribution in [2.75, 3.05) is 23.8 Å². The van der Waals surface area contributed by atoms with Gasteiger partial charge in [-0.1, -0.05) is 0 Å². The van der Waals surface area contributed by atoms with Crippen molar-refractivity contribution in [2.45, 2.75) is 50.2 Å². The number of hydrogen-bond donors (Lipinski definition) is 3. The number of benzene rings is 1. The zero-order valence-corrected chi connectivity index (χ0v) is 16.7. The highest BCUT2D eigenvalue weighted by Crippen LogP contribution is 2.32. The largest absolute Gasteiger partial charge is 0.393 e. The number of nitrogens with one attached hydrogen (secondary N) is 2. The van der Waals surface area contributed by atoms with E-state index in [-0.39, 0.29) is 23.2 Å². The standard InChI is InChI=1S/C21H23F3N6O2/c22-11-7-15(23)18(16(24)8-11)28-21-27-17-9-25-20(26-12-1-3-14(31)4-2-12)29-19(17)30(21)13-5-6-32-10-13/h7-9,12-14,31H,1-6,10H2,(H,27,28)(H,25,26,29)/i5D2,10D2,13D. The number of aliphatic hydroxyl groups is 1. The summed E-state index contributed by atoms with van der Waals surface area (Å²) in [7, 11) is 0. The van der Waals surface area contributed by atoms with Crippen molar-refractivity contribution in [1.82, 2.24) is 19.5 Å². The minimum atomic E-state index is -2.92. The van der Waals surface area contributed by atoms with Crippen LogP contribution in [0.25, 0.3) is 11.2 Å². The van der Waals surface area contributed by atoms with Gasteiger partial charge in [-0.15, -0.1) is 0 Å². The van der Waals surface area contributed by atoms with Crippen LogP contribution in [0.4, 0.5) is 30.8 Å². The van der Waals surface area contributed by atoms with Crippen molar-refractivity contribution in [2.24, 2.45) is 0 Å². The summed E-state index contributed by atoms with van der Waals surface area (Å²) in [6, 6.07) is -2.08. The molecule has 3 N–H and O–H groups in total. The number of anilines is 3. The van der Waals surface area contributed by atoms with Crippen molar-refractivity contribution in [3.8, 4) is 0 Å². The van der Waals surface area contributed by atoms with E-state index in [0.717, 1.165) is 4.57 Å². The predicted molar refractivity (Wildman–Crippen MR) is 111 cm³/mol. The van der Waals surface area contributed by atoms with Gasteiger partial charge in [0.15, 0.2) is 17.3 Å². The second-order valence-corrected chi connectivity index (χ2v) is 7.61. The van der Waals surface area contributed by atoms with Crippen LogP contribution in [-0.4, -0.2) is 49.9 Å². The number of aromatic nitrogens is 4. The molecule has 8 nitrogen and oxygen atoms in total. The normalized spacial score (nSPS) is 31.3. The van der Waals surface area contributed by atoms with Gasteiger partial charge in [-0.3, -0.25) is 4.57 Å². The summed E-state index contributed by atoms with van der Waals surface area (Å²) in [4.78, 5) is 12.7. The van der Waals surface area contributed by atoms with E-state index in [2.05, 4.69) is 25.6 Å². The molecule has 3 heterocycles. The first-order chi connectivity index (χ1) is 17.3. The highest BCUT2D eigenvalue weighted by Gasteiger charge is 2.27. The molecule has 11 heteroatoms. The van der Waals surface area contributed by atoms with E-state index in [1.807, 2.05) is 0 Å². The Labute approximate surface area is 188 Å². The lowest BCUT2D eigenvalue weighted by Crippen LogP contribution is -2.29. The second-order valence-electron chi connectivity index (χ2n) is 7.61. The first-order valence-electron chi connectivity index (χ1n) is 12.6. The monoisotopic (exact) mass is 453 g/mol. The summed E-state index contributed by atoms with van der Waals surface area (Å²) in [5.41, 5.74) is -1.07. The Kier molecular flexibility index (Phi) is 4.22. The van der Waals surface area contributed by atoms with Gasteiger partial charge in [0.05, 0.1) is 29.0 Å². The molecular formula is C21H23F3N6O2. The second kappa shape index (κ2) is 8.55. The molecule has 1 aliphatic carbocycles. The summed E-state index contributed by atoms with van der Waals surface area (Å²) in [6.45, 7) is -3.71. The van der Waals surface area contributed by atoms with Crippen LogP contribution in [0.5, 0.6) is 0 Å². The first-order valence-corrected chi connectivity index (χ1v) is 10.1. The van der Waals surface area contributed by atoms with Crippen LogP contribution in [-0.2, 0) is 4.74 Å². The highest BCUT2D eigenvalue weighted by molar-refractivity contribution is 5.76. The predicted octanol–water partition coefficient (Wildman–Crippen LogP) is 3.66. The topological polar surface area (TPSA) is 97.1 Å². The Morgan fingerprint density at radius 1 is 1.16 bits per heavy atom. The van der Waals surface area contributed by atoms with Gasteiger partial charge in [-0.2, -0.15) is 4.98 Å². The molecule has 3 aromatic rings. The third kappa shape index (κ3) is 4.09. The molecule has 0 amide bonds. The quantitative estimate of drug-likeness (QED) is 0.542. The van der Waals surface area contributed by atoms with E-state index in [4.69, 9.17) is 11.6 Å². The molecule has 1 atom stereocenters. The number of halogens is 3. The minimum Gasteiger partial charge on any atom is -0.393 e. The molecule has 1 saturated carbocycles. The Hall–Kier alpha value is -2.92. The van der Waals surface area contributed by atoms with Crippen molar-refractivity contribution < 1.29 is 29.9 Å². The van der Waals surface area contributed by atoms with Crippen LogP contribution in [0.2, 0.25) is 0 Å². The molecule has 0 spiro atoms. The van der Waals surface area contributed by atoms with Crippen LogP contribution in [0.15, 0.2) is 18.3 Å². The van der Waals surface area contributed by atoms with Gasteiger partial charge in [-0.05, 0) is 32.1 Å². The molecule has 1 aromatic carbocycles. The molecule has 2 aromatic heterocycles. The maximum absolute atomic E-state index is 14.5. The lowest BCUT2D eigenvalue weighted by atomic mass is 9.93. The Balaban J connectivity index is 1.66. The summed E-state index contributed by atoms with van der Waals surface area (Å²) in [5.74, 6) is -4.27. The number of rotatable bonds is 5. The van der Waals surface area contributed by atoms with Crippen LogP contribution in [0.1, 0.15) is 44.9 Å². The van der Waals surface area contributed by atoms with E-state index in [9.17, 15) is 18.3 Å². The van der Waals surface area contributed by atoms with Gasteiger partial charge in [0.2, 0.25) is 11.9 Å². The lowest BCUT2D eigenvalue weighted by Gasteiger charge is -2.26. The van der Waals surface area contributed by atoms with Gasteiger partial charge in [0, 0.05) is 27.5 Å². The van der Waals surface area contributed by atoms with E-state index in [1.165, 1.54) is 6.20 Å². The third-order valence-electron chi connectivity index (χ3n) is 5.38. The first kappa shape index (κ1) is 15.8. The third-order valence-corrected chi connectivity index (χ3v) is 5.38. The fourth-order valence-electron chi connectivity index (χ4n) is 3.79. The smallest absolute Gasteiger partial charge is 0.224 e. The van der Waals surface area contributed by atoms with E-state index in [1.54, 1.807) is 0 Å². The zero-order valence-electron chi connectivity index (χ0n) is 21.7. The van der Waals surface area contributed by atoms with Crippen LogP contribution in [0.3, 0.4) is 0 Å². The number of aliphatic hydroxyl groups excluding tert-OH is 1. The summed E-state index contributed by atoms with van der Waals surface area (Å²) >= 11 is 0. The molecule has 2 aliphatic rings. The average molecular weight is 453 g/mol. The average Bonchev–Trinajstić information content (AvgIpc) is 3.25. The van der Waals surface area contributed by atoms with Gasteiger partial charge < -0.3 is 20.5 Å². The van der Waals surface area contributed by atoms with Crippen molar-refractivity contribution in [3.63, 3.8) is 0 Å². The summed E-state index contributed by atoms with van der Waals surface area (Å²) in [5, 5.41) is 15.2. The number of fused-ring (bicyclic) bond motifs is 1. The van der Waals surface area contributed by atoms with Crippen LogP contribution < -0.4 is 10.6 Å². The minimum absolute atomic E-state index is 0.0276. The number of ether oxygens (including phenoxy) is 1. The van der Waals surface area contributed by atoms with E-state index < -0.39 is 60.7 Å². The maximum atomic E-state index is 14.5. The fourth-order valence-corrected chi connectivity index (χ4v) is 3.79. The molecule has 1 unspecified atom stereocenters. The van der Waals surface area contributed by atoms with E-state index in [0.29, 0.717) is 37.8 Å². The number of imidazole rings is 1. The van der Waals surface area contributed by atoms with Gasteiger partial charge in [-0.25, -0.2) is 23.1 Å². The summed E-state index contributed by atoms with van der Waals surface area (Å²) in [6.07, 6.45) is 0.643. The Morgan fingerprint density at radius 3 is 2.59 bits per heavy atom. The highest BCUT2D eigenvalue weighted by atomic mass is 19.1. The van der Waals surface area contributed by atoms with Crippen LogP contribution in [0, 0.1) is 17.5 Å². The van der Waals surface area contributed by atoms with Crippen molar-refractivity contribution >= 4 is 28.7 Å². The molecule has 0 bridgehead atoms. The molecule has 0 radical (unpaired) electrons. The van der Waals surface area contributed by atoms with Crippen LogP contribution >= 0.6 is 0 Å². The van der Waals surface area contributed by atoms with Gasteiger partial charge in [0.1, 0.15) is 17.0 Å². The molecule has 32 heavy (non-hydrogen) atoms. The van der Waals surface area contributed by atoms with Crippen molar-refractivity contribution in [1.29, 1.82) is 0 Å². The van der Waals surface area contributed by atoms with Gasteiger partial charge >= 0.3 is 0 Å². The SMILES string of the molecule is [2H]C1([2H])COC([2H])([2H])C1([2H])n1c(Nc2c(F)cc(F)cc2F)nc2cnc(NC3CCC(O)CC3)nc21. The zero-order chi connectivity index (χ0) is 26.8. The molecular weight excluding hydrogens is 425 g/mol. The Bertz CT molecular complexity index is 1310. The Morgan fingerprint density at radius 2 is 1.91 bits per heavy atom. The molecule has 1 aliphatic heterocycles. The van der Waals surface area contributed by atoms with Crippen molar-refractivity contribution in [3.05, 3.63) is 35.8 Å². The number of nitrogens with zero attached hydrogens (tertiary/aromatic N) is 4. The van der Waals surface area contributed by atoms with E-state index >= 15 is 0 Å². The molecule has 5 rings (SSSR count). The molecule has 1 saturated heterocycles. The lowest BCUT2D eigenvalue weighted by molar-refractivity contribution is 0.126. The maximum Gasteiger partial charge on any atom is 0.224 e. The fraction of sp³-hybridized carbons (Fsp3) is 0.476. The van der Waals surface area contributed by atoms with Gasteiger partial charge in [0.25, 0.3) is 0 Å². The molecule has 170 valence electrons. The molecule has 2 fully saturated rings.